The van der Waals surface area contributed by atoms with E-state index in [1.165, 1.54) is 79.8 Å². The largest absolute Gasteiger partial charge is 0.477 e. The molecule has 190 valence electrons. The van der Waals surface area contributed by atoms with Crippen molar-refractivity contribution in [2.24, 2.45) is 5.92 Å². The van der Waals surface area contributed by atoms with E-state index in [-0.39, 0.29) is 0 Å². The van der Waals surface area contributed by atoms with E-state index in [0.29, 0.717) is 4.88 Å². The molecule has 4 heterocycles. The molecule has 1 N–H and O–H groups in total. The number of aromatic nitrogens is 3. The van der Waals surface area contributed by atoms with Crippen LogP contribution in [0.1, 0.15) is 60.2 Å². The molecule has 7 heteroatoms. The number of hydrogen-bond acceptors (Lipinski definition) is 4. The van der Waals surface area contributed by atoms with E-state index in [9.17, 15) is 9.90 Å². The Hall–Kier alpha value is -2.90. The van der Waals surface area contributed by atoms with Crippen molar-refractivity contribution >= 4 is 27.5 Å². The van der Waals surface area contributed by atoms with E-state index in [2.05, 4.69) is 52.7 Å². The zero-order valence-corrected chi connectivity index (χ0v) is 22.1. The number of benzene rings is 1. The summed E-state index contributed by atoms with van der Waals surface area (Å²) in [6.45, 7) is 5.51. The number of nitrogens with zero attached hydrogens (tertiary/aromatic N) is 4. The minimum absolute atomic E-state index is 0.408. The van der Waals surface area contributed by atoms with Gasteiger partial charge in [-0.05, 0) is 82.1 Å². The molecule has 0 amide bonds. The van der Waals surface area contributed by atoms with Crippen molar-refractivity contribution in [2.75, 3.05) is 20.1 Å². The second-order valence-electron chi connectivity index (χ2n) is 10.3. The van der Waals surface area contributed by atoms with Crippen LogP contribution in [0.15, 0.2) is 49.1 Å². The van der Waals surface area contributed by atoms with Crippen LogP contribution in [0, 0.1) is 12.8 Å². The third kappa shape index (κ3) is 5.42. The molecule has 1 aliphatic rings. The van der Waals surface area contributed by atoms with Crippen molar-refractivity contribution in [3.05, 3.63) is 59.5 Å². The van der Waals surface area contributed by atoms with Gasteiger partial charge in [0.1, 0.15) is 4.88 Å². The Morgan fingerprint density at radius 1 is 1.14 bits per heavy atom. The van der Waals surface area contributed by atoms with Crippen LogP contribution in [0.3, 0.4) is 0 Å². The molecule has 1 atom stereocenters. The molecule has 0 spiro atoms. The molecule has 1 fully saturated rings. The first-order valence-corrected chi connectivity index (χ1v) is 14.0. The predicted octanol–water partition coefficient (Wildman–Crippen LogP) is 6.85. The number of imidazole rings is 1. The molecule has 6 nitrogen and oxygen atoms in total. The average Bonchev–Trinajstić information content (AvgIpc) is 3.58. The van der Waals surface area contributed by atoms with Crippen LogP contribution in [0.2, 0.25) is 0 Å². The summed E-state index contributed by atoms with van der Waals surface area (Å²) in [6.07, 6.45) is 14.5. The molecule has 1 saturated heterocycles. The van der Waals surface area contributed by atoms with Gasteiger partial charge in [-0.25, -0.2) is 9.78 Å². The molecule has 0 bridgehead atoms. The lowest BCUT2D eigenvalue weighted by Gasteiger charge is -2.25. The highest BCUT2D eigenvalue weighted by Crippen LogP contribution is 2.36. The Morgan fingerprint density at radius 2 is 2.03 bits per heavy atom. The minimum Gasteiger partial charge on any atom is -0.477 e. The Balaban J connectivity index is 1.36. The summed E-state index contributed by atoms with van der Waals surface area (Å²) in [6, 6.07) is 10.5. The first-order valence-electron chi connectivity index (χ1n) is 13.1. The van der Waals surface area contributed by atoms with E-state index >= 15 is 0 Å². The SMILES string of the molecule is Cc1cc(-n2ccnc2)ccc1-c1cc2sc(C(=O)O)cc2n1CCCCC1CCCCN(C)CC1. The summed E-state index contributed by atoms with van der Waals surface area (Å²) >= 11 is 1.37. The van der Waals surface area contributed by atoms with Gasteiger partial charge >= 0.3 is 5.97 Å². The highest BCUT2D eigenvalue weighted by molar-refractivity contribution is 7.20. The summed E-state index contributed by atoms with van der Waals surface area (Å²) in [5.41, 5.74) is 5.70. The highest BCUT2D eigenvalue weighted by atomic mass is 32.1. The molecular formula is C29H36N4O2S. The second-order valence-corrected chi connectivity index (χ2v) is 11.3. The molecule has 3 aromatic heterocycles. The number of fused-ring (bicyclic) bond motifs is 1. The lowest BCUT2D eigenvalue weighted by Crippen LogP contribution is -2.25. The fraction of sp³-hybridized carbons (Fsp3) is 0.448. The van der Waals surface area contributed by atoms with Gasteiger partial charge in [0.15, 0.2) is 0 Å². The van der Waals surface area contributed by atoms with Crippen molar-refractivity contribution in [1.82, 2.24) is 19.0 Å². The molecular weight excluding hydrogens is 468 g/mol. The van der Waals surface area contributed by atoms with Crippen LogP contribution in [-0.4, -0.2) is 50.2 Å². The van der Waals surface area contributed by atoms with Crippen LogP contribution >= 0.6 is 11.3 Å². The number of unbranched alkanes of at least 4 members (excludes halogenated alkanes) is 1. The number of aromatic carboxylic acids is 1. The molecule has 4 aromatic rings. The Labute approximate surface area is 217 Å². The molecule has 5 rings (SSSR count). The molecule has 1 aliphatic heterocycles. The maximum atomic E-state index is 11.6. The van der Waals surface area contributed by atoms with Gasteiger partial charge in [0, 0.05) is 30.2 Å². The monoisotopic (exact) mass is 504 g/mol. The number of carboxylic acid groups (broad SMARTS) is 1. The van der Waals surface area contributed by atoms with Crippen molar-refractivity contribution in [3.63, 3.8) is 0 Å². The van der Waals surface area contributed by atoms with E-state index in [1.807, 2.05) is 23.2 Å². The molecule has 0 radical (unpaired) electrons. The standard InChI is InChI=1S/C29H36N4O2S/c1-21-17-23(32-16-12-30-20-32)9-10-24(21)25-18-27-26(19-28(36-27)29(34)35)33(25)14-6-4-8-22-7-3-5-13-31(2)15-11-22/h9-10,12,16-20,22H,3-8,11,13-15H2,1-2H3,(H,34,35). The van der Waals surface area contributed by atoms with Gasteiger partial charge in [-0.3, -0.25) is 0 Å². The normalized spacial score (nSPS) is 17.3. The summed E-state index contributed by atoms with van der Waals surface area (Å²) < 4.78 is 5.41. The van der Waals surface area contributed by atoms with Crippen molar-refractivity contribution in [2.45, 2.75) is 58.4 Å². The number of aryl methyl sites for hydroxylation is 2. The number of carbonyl (C=O) groups is 1. The van der Waals surface area contributed by atoms with Crippen LogP contribution in [0.5, 0.6) is 0 Å². The number of rotatable bonds is 8. The summed E-state index contributed by atoms with van der Waals surface area (Å²) in [5.74, 6) is -0.0194. The molecule has 0 saturated carbocycles. The van der Waals surface area contributed by atoms with Crippen molar-refractivity contribution < 1.29 is 9.90 Å². The fourth-order valence-electron chi connectivity index (χ4n) is 5.58. The zero-order chi connectivity index (χ0) is 25.1. The van der Waals surface area contributed by atoms with Crippen molar-refractivity contribution in [1.29, 1.82) is 0 Å². The summed E-state index contributed by atoms with van der Waals surface area (Å²) in [5, 5.41) is 9.56. The second kappa shape index (κ2) is 11.0. The van der Waals surface area contributed by atoms with Gasteiger partial charge < -0.3 is 19.1 Å². The summed E-state index contributed by atoms with van der Waals surface area (Å²) in [7, 11) is 2.25. The van der Waals surface area contributed by atoms with E-state index in [0.717, 1.165) is 34.8 Å². The topological polar surface area (TPSA) is 63.3 Å². The van der Waals surface area contributed by atoms with Gasteiger partial charge in [0.2, 0.25) is 0 Å². The van der Waals surface area contributed by atoms with Crippen LogP contribution in [0.25, 0.3) is 27.2 Å². The summed E-state index contributed by atoms with van der Waals surface area (Å²) in [4.78, 5) is 18.7. The van der Waals surface area contributed by atoms with Crippen LogP contribution in [-0.2, 0) is 6.54 Å². The highest BCUT2D eigenvalue weighted by Gasteiger charge is 2.19. The molecule has 36 heavy (non-hydrogen) atoms. The van der Waals surface area contributed by atoms with Gasteiger partial charge in [-0.2, -0.15) is 0 Å². The van der Waals surface area contributed by atoms with Crippen molar-refractivity contribution in [3.8, 4) is 16.9 Å². The number of carboxylic acids is 1. The molecule has 1 unspecified atom stereocenters. The average molecular weight is 505 g/mol. The maximum Gasteiger partial charge on any atom is 0.345 e. The molecule has 1 aromatic carbocycles. The number of thiophene rings is 1. The van der Waals surface area contributed by atoms with E-state index in [4.69, 9.17) is 0 Å². The lowest BCUT2D eigenvalue weighted by atomic mass is 9.91. The predicted molar refractivity (Wildman–Crippen MR) is 147 cm³/mol. The van der Waals surface area contributed by atoms with E-state index in [1.54, 1.807) is 6.20 Å². The lowest BCUT2D eigenvalue weighted by molar-refractivity contribution is 0.0702. The Bertz CT molecular complexity index is 1320. The van der Waals surface area contributed by atoms with Gasteiger partial charge in [0.25, 0.3) is 0 Å². The smallest absolute Gasteiger partial charge is 0.345 e. The number of likely N-dealkylation sites (tertiary alicyclic amines) is 1. The fourth-order valence-corrected chi connectivity index (χ4v) is 6.52. The van der Waals surface area contributed by atoms with Crippen LogP contribution < -0.4 is 0 Å². The Kier molecular flexibility index (Phi) is 7.58. The minimum atomic E-state index is -0.848. The quantitative estimate of drug-likeness (QED) is 0.266. The van der Waals surface area contributed by atoms with E-state index < -0.39 is 5.97 Å². The third-order valence-electron chi connectivity index (χ3n) is 7.65. The molecule has 0 aliphatic carbocycles. The maximum absolute atomic E-state index is 11.6. The van der Waals surface area contributed by atoms with Gasteiger partial charge in [-0.1, -0.05) is 31.7 Å². The van der Waals surface area contributed by atoms with Crippen LogP contribution in [0.4, 0.5) is 0 Å². The Morgan fingerprint density at radius 3 is 2.81 bits per heavy atom. The third-order valence-corrected chi connectivity index (χ3v) is 8.71. The first-order chi connectivity index (χ1) is 17.5. The zero-order valence-electron chi connectivity index (χ0n) is 21.3. The first kappa shape index (κ1) is 24.8. The number of hydrogen-bond donors (Lipinski definition) is 1. The van der Waals surface area contributed by atoms with Gasteiger partial charge in [0.05, 0.1) is 22.2 Å². The van der Waals surface area contributed by atoms with Gasteiger partial charge in [-0.15, -0.1) is 11.3 Å².